The van der Waals surface area contributed by atoms with Gasteiger partial charge in [-0.1, -0.05) is 46.1 Å². The predicted octanol–water partition coefficient (Wildman–Crippen LogP) is 2.81. The Labute approximate surface area is 124 Å². The summed E-state index contributed by atoms with van der Waals surface area (Å²) >= 11 is 14.9. The van der Waals surface area contributed by atoms with Crippen molar-refractivity contribution in [3.63, 3.8) is 0 Å². The molecule has 8 heteroatoms. The highest BCUT2D eigenvalue weighted by Crippen LogP contribution is 2.32. The molecule has 0 aliphatic carbocycles. The van der Waals surface area contributed by atoms with Crippen molar-refractivity contribution in [2.75, 3.05) is 6.54 Å². The summed E-state index contributed by atoms with van der Waals surface area (Å²) in [6.45, 7) is 1.67. The zero-order valence-corrected chi connectivity index (χ0v) is 13.4. The van der Waals surface area contributed by atoms with E-state index in [1.807, 2.05) is 0 Å². The molecule has 0 aliphatic rings. The van der Waals surface area contributed by atoms with E-state index in [2.05, 4.69) is 20.7 Å². The van der Waals surface area contributed by atoms with Crippen LogP contribution < -0.4 is 4.72 Å². The maximum absolute atomic E-state index is 12.0. The molecule has 102 valence electrons. The lowest BCUT2D eigenvalue weighted by Gasteiger charge is -2.12. The summed E-state index contributed by atoms with van der Waals surface area (Å²) in [7, 11) is -3.84. The Balaban J connectivity index is 3.06. The van der Waals surface area contributed by atoms with Crippen molar-refractivity contribution >= 4 is 49.2 Å². The maximum Gasteiger partial charge on any atom is 0.243 e. The molecular weight excluding hydrogens is 365 g/mol. The summed E-state index contributed by atoms with van der Waals surface area (Å²) in [5.74, 6) is 0. The fraction of sp³-hybridized carbons (Fsp3) is 0.400. The molecule has 1 aromatic rings. The molecule has 0 radical (unpaired) electrons. The van der Waals surface area contributed by atoms with Gasteiger partial charge < -0.3 is 5.11 Å². The lowest BCUT2D eigenvalue weighted by molar-refractivity contribution is 0.174. The first-order valence-electron chi connectivity index (χ1n) is 5.10. The van der Waals surface area contributed by atoms with Gasteiger partial charge in [0.05, 0.1) is 16.1 Å². The van der Waals surface area contributed by atoms with E-state index in [1.165, 1.54) is 12.1 Å². The topological polar surface area (TPSA) is 66.4 Å². The monoisotopic (exact) mass is 375 g/mol. The molecule has 4 nitrogen and oxygen atoms in total. The molecule has 1 unspecified atom stereocenters. The average molecular weight is 377 g/mol. The number of sulfonamides is 1. The molecule has 18 heavy (non-hydrogen) atoms. The van der Waals surface area contributed by atoms with Gasteiger partial charge in [-0.3, -0.25) is 0 Å². The summed E-state index contributed by atoms with van der Waals surface area (Å²) < 4.78 is 26.9. The van der Waals surface area contributed by atoms with E-state index in [9.17, 15) is 13.5 Å². The second kappa shape index (κ2) is 6.54. The Morgan fingerprint density at radius 2 is 1.89 bits per heavy atom. The number of aliphatic hydroxyl groups excluding tert-OH is 1. The van der Waals surface area contributed by atoms with Crippen LogP contribution in [0.1, 0.15) is 13.3 Å². The molecule has 1 rings (SSSR count). The van der Waals surface area contributed by atoms with Crippen LogP contribution in [0.3, 0.4) is 0 Å². The van der Waals surface area contributed by atoms with Gasteiger partial charge in [0.25, 0.3) is 0 Å². The number of aliphatic hydroxyl groups is 1. The minimum Gasteiger partial charge on any atom is -0.392 e. The Hall–Kier alpha value is 0.150. The van der Waals surface area contributed by atoms with E-state index in [4.69, 9.17) is 23.2 Å². The fourth-order valence-corrected chi connectivity index (χ4v) is 4.21. The first-order valence-corrected chi connectivity index (χ1v) is 8.13. The first-order chi connectivity index (χ1) is 8.27. The lowest BCUT2D eigenvalue weighted by Crippen LogP contribution is -2.32. The normalized spacial score (nSPS) is 13.6. The van der Waals surface area contributed by atoms with Crippen LogP contribution in [0.5, 0.6) is 0 Å². The SMILES string of the molecule is CCC(O)CNS(=O)(=O)c1c(Cl)cc(Br)cc1Cl. The minimum atomic E-state index is -3.84. The van der Waals surface area contributed by atoms with Gasteiger partial charge in [0, 0.05) is 11.0 Å². The van der Waals surface area contributed by atoms with Crippen LogP contribution in [0.2, 0.25) is 10.0 Å². The van der Waals surface area contributed by atoms with Crippen molar-refractivity contribution in [3.05, 3.63) is 26.7 Å². The van der Waals surface area contributed by atoms with E-state index < -0.39 is 16.1 Å². The highest BCUT2D eigenvalue weighted by atomic mass is 79.9. The summed E-state index contributed by atoms with van der Waals surface area (Å²) in [5, 5.41) is 9.39. The summed E-state index contributed by atoms with van der Waals surface area (Å²) in [4.78, 5) is -0.183. The number of halogens is 3. The Morgan fingerprint density at radius 3 is 2.33 bits per heavy atom. The highest BCUT2D eigenvalue weighted by Gasteiger charge is 2.22. The lowest BCUT2D eigenvalue weighted by atomic mass is 10.3. The summed E-state index contributed by atoms with van der Waals surface area (Å²) in [6.07, 6.45) is -0.294. The Bertz CT molecular complexity index is 513. The van der Waals surface area contributed by atoms with Crippen LogP contribution >= 0.6 is 39.1 Å². The molecule has 0 bridgehead atoms. The molecule has 0 saturated heterocycles. The maximum atomic E-state index is 12.0. The molecule has 1 atom stereocenters. The fourth-order valence-electron chi connectivity index (χ4n) is 1.21. The van der Waals surface area contributed by atoms with Gasteiger partial charge in [-0.25, -0.2) is 13.1 Å². The second-order valence-corrected chi connectivity index (χ2v) is 7.05. The second-order valence-electron chi connectivity index (χ2n) is 3.61. The van der Waals surface area contributed by atoms with Crippen molar-refractivity contribution in [2.24, 2.45) is 0 Å². The Morgan fingerprint density at radius 1 is 1.39 bits per heavy atom. The number of rotatable bonds is 5. The summed E-state index contributed by atoms with van der Waals surface area (Å²) in [5.41, 5.74) is 0. The summed E-state index contributed by atoms with van der Waals surface area (Å²) in [6, 6.07) is 2.89. The van der Waals surface area contributed by atoms with Crippen molar-refractivity contribution in [2.45, 2.75) is 24.3 Å². The smallest absolute Gasteiger partial charge is 0.243 e. The van der Waals surface area contributed by atoms with E-state index in [0.29, 0.717) is 10.9 Å². The van der Waals surface area contributed by atoms with Crippen LogP contribution in [0.4, 0.5) is 0 Å². The average Bonchev–Trinajstić information content (AvgIpc) is 2.24. The molecule has 0 saturated carbocycles. The van der Waals surface area contributed by atoms with E-state index in [0.717, 1.165) is 0 Å². The molecule has 1 aromatic carbocycles. The number of benzene rings is 1. The standard InChI is InChI=1S/C10H12BrCl2NO3S/c1-2-7(15)5-14-18(16,17)10-8(12)3-6(11)4-9(10)13/h3-4,7,14-15H,2,5H2,1H3. The van der Waals surface area contributed by atoms with Crippen LogP contribution in [0.25, 0.3) is 0 Å². The van der Waals surface area contributed by atoms with Crippen LogP contribution in [-0.4, -0.2) is 26.2 Å². The van der Waals surface area contributed by atoms with Gasteiger partial charge in [0.15, 0.2) is 0 Å². The molecule has 0 heterocycles. The Kier molecular flexibility index (Phi) is 5.89. The highest BCUT2D eigenvalue weighted by molar-refractivity contribution is 9.10. The third kappa shape index (κ3) is 4.08. The van der Waals surface area contributed by atoms with Gasteiger partial charge in [0.2, 0.25) is 10.0 Å². The zero-order valence-electron chi connectivity index (χ0n) is 9.45. The van der Waals surface area contributed by atoms with Gasteiger partial charge in [-0.15, -0.1) is 0 Å². The molecule has 0 aromatic heterocycles. The van der Waals surface area contributed by atoms with Crippen molar-refractivity contribution in [3.8, 4) is 0 Å². The quantitative estimate of drug-likeness (QED) is 0.830. The molecule has 0 spiro atoms. The molecule has 0 amide bonds. The molecule has 0 fully saturated rings. The predicted molar refractivity (Wildman–Crippen MR) is 75.6 cm³/mol. The number of hydrogen-bond donors (Lipinski definition) is 2. The molecular formula is C10H12BrCl2NO3S. The first kappa shape index (κ1) is 16.2. The van der Waals surface area contributed by atoms with Crippen LogP contribution in [-0.2, 0) is 10.0 Å². The van der Waals surface area contributed by atoms with Crippen LogP contribution in [0.15, 0.2) is 21.5 Å². The third-order valence-corrected chi connectivity index (χ3v) is 5.01. The van der Waals surface area contributed by atoms with Gasteiger partial charge in [-0.05, 0) is 18.6 Å². The van der Waals surface area contributed by atoms with Crippen molar-refractivity contribution < 1.29 is 13.5 Å². The van der Waals surface area contributed by atoms with Crippen molar-refractivity contribution in [1.82, 2.24) is 4.72 Å². The molecule has 0 aliphatic heterocycles. The van der Waals surface area contributed by atoms with Gasteiger partial charge in [-0.2, -0.15) is 0 Å². The largest absolute Gasteiger partial charge is 0.392 e. The number of nitrogens with one attached hydrogen (secondary N) is 1. The van der Waals surface area contributed by atoms with Crippen molar-refractivity contribution in [1.29, 1.82) is 0 Å². The third-order valence-electron chi connectivity index (χ3n) is 2.21. The minimum absolute atomic E-state index is 0.0212. The molecule has 2 N–H and O–H groups in total. The van der Waals surface area contributed by atoms with Gasteiger partial charge in [0.1, 0.15) is 4.90 Å². The van der Waals surface area contributed by atoms with E-state index in [1.54, 1.807) is 6.92 Å². The van der Waals surface area contributed by atoms with Crippen LogP contribution in [0, 0.1) is 0 Å². The number of hydrogen-bond acceptors (Lipinski definition) is 3. The zero-order chi connectivity index (χ0) is 13.9. The van der Waals surface area contributed by atoms with E-state index >= 15 is 0 Å². The van der Waals surface area contributed by atoms with E-state index in [-0.39, 0.29) is 21.5 Å². The van der Waals surface area contributed by atoms with Gasteiger partial charge >= 0.3 is 0 Å².